The van der Waals surface area contributed by atoms with Crippen molar-refractivity contribution < 1.29 is 80.2 Å². The largest absolute Gasteiger partial charge is 2.00 e. The van der Waals surface area contributed by atoms with Gasteiger partial charge in [-0.25, -0.2) is 14.4 Å². The number of nitrogens with two attached hydrogens (primary N) is 1. The average Bonchev–Trinajstić information content (AvgIpc) is 1.66. The number of aliphatic hydroxyl groups is 3. The predicted molar refractivity (Wildman–Crippen MR) is 606 cm³/mol. The molecule has 4 saturated heterocycles. The quantitative estimate of drug-likeness (QED) is 0.00507. The summed E-state index contributed by atoms with van der Waals surface area (Å²) in [5, 5.41) is 36.9. The number of epoxide rings is 1. The zero-order valence-electron chi connectivity index (χ0n) is 87.0. The number of nitrogens with zero attached hydrogens (tertiary/aromatic N) is 1. The third-order valence-corrected chi connectivity index (χ3v) is 25.4. The van der Waals surface area contributed by atoms with Crippen LogP contribution in [0, 0.1) is 0 Å². The van der Waals surface area contributed by atoms with Crippen LogP contribution in [0.15, 0.2) is 368 Å². The molecule has 0 spiro atoms. The Labute approximate surface area is 917 Å². The molecule has 27 heteroatoms. The summed E-state index contributed by atoms with van der Waals surface area (Å²) in [5.41, 5.74) is 20.1. The van der Waals surface area contributed by atoms with Crippen LogP contribution in [0.3, 0.4) is 0 Å². The summed E-state index contributed by atoms with van der Waals surface area (Å²) < 4.78 is 29.8. The number of rotatable bonds is 23. The second kappa shape index (κ2) is 67.7. The van der Waals surface area contributed by atoms with Crippen molar-refractivity contribution in [1.29, 1.82) is 0 Å². The van der Waals surface area contributed by atoms with Crippen LogP contribution in [0.5, 0.6) is 0 Å². The van der Waals surface area contributed by atoms with Crippen molar-refractivity contribution in [2.75, 3.05) is 50.7 Å². The Morgan fingerprint density at radius 1 is 0.429 bits per heavy atom. The van der Waals surface area contributed by atoms with Crippen molar-refractivity contribution in [2.24, 2.45) is 5.73 Å². The third kappa shape index (κ3) is 50.1. The summed E-state index contributed by atoms with van der Waals surface area (Å²) in [5.74, 6) is 0.691. The maximum absolute atomic E-state index is 11.9. The number of nitrogens with one attached hydrogen (secondary N) is 2. The molecule has 0 radical (unpaired) electrons. The molecule has 13 aromatic carbocycles. The van der Waals surface area contributed by atoms with E-state index in [2.05, 4.69) is 268 Å². The van der Waals surface area contributed by atoms with E-state index in [1.165, 1.54) is 67.0 Å². The summed E-state index contributed by atoms with van der Waals surface area (Å²) in [6, 6.07) is 124. The van der Waals surface area contributed by atoms with Gasteiger partial charge in [-0.1, -0.05) is 368 Å². The predicted octanol–water partition coefficient (Wildman–Crippen LogP) is 24.7. The van der Waals surface area contributed by atoms with E-state index in [0.29, 0.717) is 63.4 Å². The molecule has 13 aromatic rings. The number of amides is 5. The van der Waals surface area contributed by atoms with E-state index in [1.807, 2.05) is 148 Å². The fraction of sp³-hybridized carbons (Fsp3) is 0.292. The fourth-order valence-electron chi connectivity index (χ4n) is 14.2. The number of aliphatic hydroxyl groups excluding tert-OH is 3. The number of likely N-dealkylation sites (tertiary alicyclic amines) is 1. The standard InChI is InChI=1S/C20H25NO3.C19H18ClNO2.C18H15P.C15H15ClO.C15H17NO.C12H9Br.C10H18O5.C4H5NO2.C4H8O.C3H5ClO.ClH.Mg.2H/c1-20(2,3)24-19(23)21-18(14-22)13-15-9-11-17(12-10-15)16-7-5-4-6-8-16;20-13-17(21-18(22)10-11-19(21)23)12-14-6-8-16(9-7-14)15-4-2-1-3-5-15;1-4-10-16(11-5-1)19(17-12-6-2-7-13-17)18-14-8-3-9-15-18;16-11-15(17)10-12-6-8-14(9-7-12)13-4-2-1-3-5-13;16-15(11-17)10-12-6-8-14(9-7-12)13-4-2-1-3-5-13;13-12-8-6-11(7-9-12)10-4-2-1-3-5-10;1-9(2,3)14-7(11)13-8(12)15-10(4,5)6;6-3-1-2-4(7)5-3;1-2-4-5-3-1;4-1-3-2-5-3;;;;/h4-12,18,22H,13-14H2,1-3H3,(H,21,23);1-9,17H,10-13H2;1-15H;1-9,15,17H,10-11H2;1-9,15,17H,10-11,16H2;1-9H;1-6H3;1-2H2,(H,5,6,7);1-4H2;3H,1-2H2;1H;;;/q;;;;;;;;;;;+2;2*-1/t18-;;;2*15-;;;;;3-;;;;/m1..01....1..../s1. The van der Waals surface area contributed by atoms with E-state index >= 15 is 0 Å². The smallest absolute Gasteiger partial charge is 1.00 e. The van der Waals surface area contributed by atoms with Gasteiger partial charge in [0.15, 0.2) is 0 Å². The summed E-state index contributed by atoms with van der Waals surface area (Å²) in [7, 11) is -0.446. The van der Waals surface area contributed by atoms with Gasteiger partial charge in [-0.3, -0.25) is 29.4 Å². The number of carbonyl (C=O) groups excluding carboxylic acids is 7. The summed E-state index contributed by atoms with van der Waals surface area (Å²) in [6.45, 7) is 18.2. The molecule has 776 valence electrons. The van der Waals surface area contributed by atoms with Crippen molar-refractivity contribution in [2.45, 2.75) is 174 Å². The number of alkyl halides is 3. The maximum atomic E-state index is 11.9. The van der Waals surface area contributed by atoms with E-state index in [-0.39, 0.29) is 105 Å². The molecular weight excluding hydrogens is 2030 g/mol. The van der Waals surface area contributed by atoms with Gasteiger partial charge in [0.1, 0.15) is 16.8 Å². The summed E-state index contributed by atoms with van der Waals surface area (Å²) >= 11 is 20.3. The van der Waals surface area contributed by atoms with Gasteiger partial charge in [-0.15, -0.1) is 47.2 Å². The second-order valence-corrected chi connectivity index (χ2v) is 41.0. The van der Waals surface area contributed by atoms with Crippen molar-refractivity contribution in [3.8, 4) is 55.6 Å². The molecule has 0 aromatic heterocycles. The van der Waals surface area contributed by atoms with Gasteiger partial charge in [0.05, 0.1) is 50.0 Å². The molecule has 4 heterocycles. The van der Waals surface area contributed by atoms with Crippen LogP contribution >= 0.6 is 71.1 Å². The van der Waals surface area contributed by atoms with Crippen LogP contribution in [0.25, 0.3) is 55.6 Å². The van der Waals surface area contributed by atoms with Gasteiger partial charge in [0.2, 0.25) is 23.6 Å². The number of carbonyl (C=O) groups is 7. The minimum Gasteiger partial charge on any atom is -1.00 e. The van der Waals surface area contributed by atoms with E-state index in [4.69, 9.17) is 69.3 Å². The van der Waals surface area contributed by atoms with Crippen LogP contribution < -0.4 is 32.3 Å². The van der Waals surface area contributed by atoms with Gasteiger partial charge >= 0.3 is 41.5 Å². The van der Waals surface area contributed by atoms with Crippen molar-refractivity contribution in [3.63, 3.8) is 0 Å². The molecule has 4 aliphatic heterocycles. The van der Waals surface area contributed by atoms with Gasteiger partial charge in [-0.2, -0.15) is 0 Å². The number of alkyl carbamates (subject to hydrolysis) is 1. The molecule has 0 aliphatic carbocycles. The van der Waals surface area contributed by atoms with Crippen LogP contribution in [-0.4, -0.2) is 183 Å². The molecule has 1 unspecified atom stereocenters. The van der Waals surface area contributed by atoms with Crippen LogP contribution in [0.4, 0.5) is 14.4 Å². The molecule has 4 fully saturated rings. The molecule has 0 saturated carbocycles. The number of hydrogen-bond donors (Lipinski definition) is 6. The van der Waals surface area contributed by atoms with Crippen LogP contribution in [-0.2, 0) is 73.3 Å². The molecule has 5 atom stereocenters. The van der Waals surface area contributed by atoms with Gasteiger partial charge in [0.25, 0.3) is 0 Å². The summed E-state index contributed by atoms with van der Waals surface area (Å²) in [4.78, 5) is 79.1. The third-order valence-electron chi connectivity index (χ3n) is 21.4. The first kappa shape index (κ1) is 124. The molecular formula is C120H138BrCl4MgN4O16P. The Bertz CT molecular complexity index is 5680. The minimum atomic E-state index is -1.06. The topological polar surface area (TPSA) is 292 Å². The number of halogens is 5. The Morgan fingerprint density at radius 2 is 0.721 bits per heavy atom. The number of ether oxygens (including phenoxy) is 6. The maximum Gasteiger partial charge on any atom is 2.00 e. The zero-order valence-corrected chi connectivity index (χ0v) is 92.0. The SMILES string of the molecule is Brc1ccc(-c2ccccc2)cc1.C1CCOC1.CC(C)(C)OC(=O)N[C@@H](CO)Cc1ccc(-c2ccccc2)cc1.CC(C)(C)OC(=O)OC(=O)OC(C)(C)C.Cl.ClC[C@@H]1CO1.N[C@@H](CO)Cc1ccc(-c2ccccc2)cc1.O=C1CCC(=O)N1.O=C1CCC(=O)N1C(CCl)Cc1ccc(-c2ccccc2)cc1.O[C@H](CCl)Cc1ccc(-c2ccccc2)cc1.[H-].[H-].[Mg+2].c1ccc(P(c2ccccc2)c2ccccc2)cc1. The van der Waals surface area contributed by atoms with Gasteiger partial charge in [0, 0.05) is 61.2 Å². The van der Waals surface area contributed by atoms with Crippen LogP contribution in [0.1, 0.15) is 126 Å². The van der Waals surface area contributed by atoms with Crippen molar-refractivity contribution in [1.82, 2.24) is 15.5 Å². The molecule has 147 heavy (non-hydrogen) atoms. The molecule has 4 aliphatic rings. The Balaban J connectivity index is 0.000000352. The monoisotopic (exact) mass is 2160 g/mol. The minimum absolute atomic E-state index is 0. The molecule has 5 amide bonds. The molecule has 20 nitrogen and oxygen atoms in total. The summed E-state index contributed by atoms with van der Waals surface area (Å²) in [6.07, 6.45) is 3.69. The Hall–Kier alpha value is -11.3. The average molecular weight is 2170 g/mol. The number of hydrogen-bond acceptors (Lipinski definition) is 17. The molecule has 7 N–H and O–H groups in total. The first-order chi connectivity index (χ1) is 69.7. The molecule has 17 rings (SSSR count). The first-order valence-electron chi connectivity index (χ1n) is 48.3. The number of imide groups is 2. The fourth-order valence-corrected chi connectivity index (χ4v) is 17.3. The van der Waals surface area contributed by atoms with Crippen LogP contribution in [0.2, 0.25) is 0 Å². The first-order valence-corrected chi connectivity index (χ1v) is 52.1. The van der Waals surface area contributed by atoms with E-state index in [0.717, 1.165) is 68.8 Å². The zero-order chi connectivity index (χ0) is 105. The van der Waals surface area contributed by atoms with E-state index < -0.39 is 49.2 Å². The van der Waals surface area contributed by atoms with Crippen molar-refractivity contribution in [3.05, 3.63) is 391 Å². The molecule has 0 bridgehead atoms. The van der Waals surface area contributed by atoms with Gasteiger partial charge in [-0.05, 0) is 215 Å². The van der Waals surface area contributed by atoms with Gasteiger partial charge < -0.3 is 57.6 Å². The van der Waals surface area contributed by atoms with E-state index in [9.17, 15) is 43.8 Å². The Kier molecular flexibility index (Phi) is 57.3. The normalized spacial score (nSPS) is 13.8. The van der Waals surface area contributed by atoms with E-state index in [1.54, 1.807) is 41.5 Å². The second-order valence-electron chi connectivity index (χ2n) is 37.0. The van der Waals surface area contributed by atoms with Crippen molar-refractivity contribution >= 4 is 152 Å². The Morgan fingerprint density at radius 3 is 0.973 bits per heavy atom. The number of benzene rings is 13.